The minimum Gasteiger partial charge on any atom is -0.406 e. The maximum atomic E-state index is 12.5. The first-order valence-electron chi connectivity index (χ1n) is 6.73. The Hall–Kier alpha value is -2.85. The van der Waals surface area contributed by atoms with E-state index in [1.54, 1.807) is 0 Å². The maximum absolute atomic E-state index is 12.5. The van der Waals surface area contributed by atoms with Crippen LogP contribution in [0.5, 0.6) is 5.75 Å². The first-order valence-corrected chi connectivity index (χ1v) is 6.73. The van der Waals surface area contributed by atoms with Crippen LogP contribution < -0.4 is 4.74 Å². The molecule has 0 aliphatic heterocycles. The van der Waals surface area contributed by atoms with E-state index in [0.717, 1.165) is 12.1 Å². The smallest absolute Gasteiger partial charge is 0.406 e. The van der Waals surface area contributed by atoms with Crippen LogP contribution in [0.2, 0.25) is 0 Å². The molecule has 0 spiro atoms. The Morgan fingerprint density at radius 1 is 0.960 bits per heavy atom. The van der Waals surface area contributed by atoms with Gasteiger partial charge in [0.1, 0.15) is 17.8 Å². The molecule has 0 aliphatic carbocycles. The average Bonchev–Trinajstić information content (AvgIpc) is 2.87. The van der Waals surface area contributed by atoms with Gasteiger partial charge in [0.2, 0.25) is 5.65 Å². The van der Waals surface area contributed by atoms with Crippen molar-refractivity contribution < 1.29 is 31.1 Å². The van der Waals surface area contributed by atoms with Crippen molar-refractivity contribution in [3.63, 3.8) is 0 Å². The molecule has 25 heavy (non-hydrogen) atoms. The molecule has 3 rings (SSSR count). The molecule has 3 aromatic rings. The lowest BCUT2D eigenvalue weighted by molar-refractivity contribution is -0.274. The van der Waals surface area contributed by atoms with Gasteiger partial charge < -0.3 is 4.74 Å². The van der Waals surface area contributed by atoms with Crippen LogP contribution in [0.1, 0.15) is 0 Å². The van der Waals surface area contributed by atoms with Crippen molar-refractivity contribution in [2.75, 3.05) is 0 Å². The Morgan fingerprint density at radius 2 is 1.64 bits per heavy atom. The summed E-state index contributed by atoms with van der Waals surface area (Å²) in [5, 5.41) is 6.96. The highest BCUT2D eigenvalue weighted by molar-refractivity contribution is 5.77. The monoisotopic (exact) mass is 362 g/mol. The van der Waals surface area contributed by atoms with Gasteiger partial charge in [-0.2, -0.15) is 13.2 Å². The molecule has 0 saturated carbocycles. The largest absolute Gasteiger partial charge is 0.573 e. The second-order valence-electron chi connectivity index (χ2n) is 5.00. The molecule has 1 aromatic carbocycles. The van der Waals surface area contributed by atoms with Crippen molar-refractivity contribution in [2.24, 2.45) is 0 Å². The lowest BCUT2D eigenvalue weighted by Crippen LogP contribution is -2.18. The number of aromatic nitrogens is 4. The van der Waals surface area contributed by atoms with E-state index in [9.17, 15) is 26.3 Å². The number of nitrogens with zero attached hydrogens (tertiary/aromatic N) is 4. The molecular formula is C14H8F6N4O. The zero-order chi connectivity index (χ0) is 18.2. The van der Waals surface area contributed by atoms with Gasteiger partial charge >= 0.3 is 12.5 Å². The van der Waals surface area contributed by atoms with Gasteiger partial charge in [0.05, 0.1) is 0 Å². The molecular weight excluding hydrogens is 354 g/mol. The molecule has 0 amide bonds. The van der Waals surface area contributed by atoms with Gasteiger partial charge in [-0.3, -0.25) is 0 Å². The molecule has 0 unspecified atom stereocenters. The van der Waals surface area contributed by atoms with Gasteiger partial charge in [0.15, 0.2) is 0 Å². The summed E-state index contributed by atoms with van der Waals surface area (Å²) in [6.07, 6.45) is -7.94. The zero-order valence-corrected chi connectivity index (χ0v) is 12.1. The summed E-state index contributed by atoms with van der Waals surface area (Å²) >= 11 is 0. The number of benzene rings is 1. The second kappa shape index (κ2) is 5.90. The topological polar surface area (TPSA) is 52.8 Å². The highest BCUT2D eigenvalue weighted by Crippen LogP contribution is 2.28. The van der Waals surface area contributed by atoms with Crippen molar-refractivity contribution in [3.05, 3.63) is 36.5 Å². The molecule has 2 heterocycles. The van der Waals surface area contributed by atoms with Gasteiger partial charge in [-0.15, -0.1) is 18.3 Å². The van der Waals surface area contributed by atoms with E-state index in [0.29, 0.717) is 15.8 Å². The third-order valence-corrected chi connectivity index (χ3v) is 3.12. The second-order valence-corrected chi connectivity index (χ2v) is 5.00. The van der Waals surface area contributed by atoms with E-state index in [-0.39, 0.29) is 11.2 Å². The molecule has 0 aliphatic rings. The van der Waals surface area contributed by atoms with Crippen molar-refractivity contribution in [2.45, 2.75) is 19.1 Å². The molecule has 0 fully saturated rings. The van der Waals surface area contributed by atoms with Crippen LogP contribution in [0, 0.1) is 0 Å². The first kappa shape index (κ1) is 17.0. The molecule has 0 saturated heterocycles. The molecule has 2 aromatic heterocycles. The summed E-state index contributed by atoms with van der Waals surface area (Å²) in [5.41, 5.74) is 0.941. The van der Waals surface area contributed by atoms with Gasteiger partial charge in [0, 0.05) is 11.8 Å². The zero-order valence-electron chi connectivity index (χ0n) is 12.1. The minimum absolute atomic E-state index is 0.0324. The van der Waals surface area contributed by atoms with Crippen LogP contribution in [-0.4, -0.2) is 32.5 Å². The highest BCUT2D eigenvalue weighted by atomic mass is 19.4. The standard InChI is InChI=1S/C14H8F6N4O/c15-13(16,17)7-24-11-5-9(6-21-12(11)22-23-24)8-1-3-10(4-2-8)25-14(18,19)20/h1-6H,7H2. The summed E-state index contributed by atoms with van der Waals surface area (Å²) in [7, 11) is 0. The van der Waals surface area contributed by atoms with Crippen LogP contribution in [0.15, 0.2) is 36.5 Å². The summed E-state index contributed by atoms with van der Waals surface area (Å²) in [6, 6.07) is 6.24. The summed E-state index contributed by atoms with van der Waals surface area (Å²) in [6.45, 7) is -1.33. The number of alkyl halides is 6. The van der Waals surface area contributed by atoms with Crippen LogP contribution in [0.25, 0.3) is 22.3 Å². The summed E-state index contributed by atoms with van der Waals surface area (Å²) in [4.78, 5) is 3.92. The molecule has 11 heteroatoms. The summed E-state index contributed by atoms with van der Waals surface area (Å²) < 4.78 is 78.5. The molecule has 5 nitrogen and oxygen atoms in total. The van der Waals surface area contributed by atoms with E-state index >= 15 is 0 Å². The van der Waals surface area contributed by atoms with Crippen LogP contribution >= 0.6 is 0 Å². The van der Waals surface area contributed by atoms with E-state index in [4.69, 9.17) is 0 Å². The number of hydrogen-bond donors (Lipinski definition) is 0. The summed E-state index contributed by atoms with van der Waals surface area (Å²) in [5.74, 6) is -0.408. The van der Waals surface area contributed by atoms with Crippen LogP contribution in [0.3, 0.4) is 0 Å². The third-order valence-electron chi connectivity index (χ3n) is 3.12. The van der Waals surface area contributed by atoms with Gasteiger partial charge in [-0.25, -0.2) is 9.67 Å². The average molecular weight is 362 g/mol. The quantitative estimate of drug-likeness (QED) is 0.662. The van der Waals surface area contributed by atoms with Crippen molar-refractivity contribution >= 4 is 11.2 Å². The molecule has 0 bridgehead atoms. The first-order chi connectivity index (χ1) is 11.6. The van der Waals surface area contributed by atoms with Crippen molar-refractivity contribution in [1.82, 2.24) is 20.0 Å². The van der Waals surface area contributed by atoms with Gasteiger partial charge in [0.25, 0.3) is 0 Å². The Labute approximate surface area is 135 Å². The predicted octanol–water partition coefficient (Wildman–Crippen LogP) is 3.95. The SMILES string of the molecule is FC(F)(F)Cn1nnc2ncc(-c3ccc(OC(F)(F)F)cc3)cc21. The number of hydrogen-bond acceptors (Lipinski definition) is 4. The lowest BCUT2D eigenvalue weighted by atomic mass is 10.1. The minimum atomic E-state index is -4.81. The number of fused-ring (bicyclic) bond motifs is 1. The fraction of sp³-hybridized carbons (Fsp3) is 0.214. The maximum Gasteiger partial charge on any atom is 0.573 e. The number of rotatable bonds is 3. The Morgan fingerprint density at radius 3 is 2.24 bits per heavy atom. The third kappa shape index (κ3) is 4.17. The van der Waals surface area contributed by atoms with E-state index in [1.165, 1.54) is 24.4 Å². The molecule has 0 N–H and O–H groups in total. The number of ether oxygens (including phenoxy) is 1. The number of pyridine rings is 1. The van der Waals surface area contributed by atoms with Crippen molar-refractivity contribution in [3.8, 4) is 16.9 Å². The number of halogens is 6. The predicted molar refractivity (Wildman–Crippen MR) is 73.5 cm³/mol. The fourth-order valence-corrected chi connectivity index (χ4v) is 2.15. The van der Waals surface area contributed by atoms with Crippen LogP contribution in [-0.2, 0) is 6.54 Å². The van der Waals surface area contributed by atoms with E-state index in [2.05, 4.69) is 20.0 Å². The van der Waals surface area contributed by atoms with Gasteiger partial charge in [-0.1, -0.05) is 17.3 Å². The molecule has 0 atom stereocenters. The van der Waals surface area contributed by atoms with Crippen LogP contribution in [0.4, 0.5) is 26.3 Å². The fourth-order valence-electron chi connectivity index (χ4n) is 2.15. The lowest BCUT2D eigenvalue weighted by Gasteiger charge is -2.09. The van der Waals surface area contributed by atoms with Gasteiger partial charge in [-0.05, 0) is 23.8 Å². The van der Waals surface area contributed by atoms with Crippen molar-refractivity contribution in [1.29, 1.82) is 0 Å². The van der Waals surface area contributed by atoms with E-state index in [1.807, 2.05) is 0 Å². The molecule has 132 valence electrons. The van der Waals surface area contributed by atoms with E-state index < -0.39 is 24.8 Å². The Kier molecular flexibility index (Phi) is 4.01. The Bertz CT molecular complexity index is 885. The normalized spacial score (nSPS) is 12.6. The molecule has 0 radical (unpaired) electrons. The highest BCUT2D eigenvalue weighted by Gasteiger charge is 2.31. The Balaban J connectivity index is 1.92.